The highest BCUT2D eigenvalue weighted by molar-refractivity contribution is 7.11. The fourth-order valence-electron chi connectivity index (χ4n) is 2.53. The summed E-state index contributed by atoms with van der Waals surface area (Å²) in [5.74, 6) is 1.00. The van der Waals surface area contributed by atoms with Gasteiger partial charge < -0.3 is 10.0 Å². The van der Waals surface area contributed by atoms with Crippen molar-refractivity contribution in [3.05, 3.63) is 51.7 Å². The summed E-state index contributed by atoms with van der Waals surface area (Å²) in [5, 5.41) is 21.3. The molecule has 22 heavy (non-hydrogen) atoms. The molecule has 0 atom stereocenters. The highest BCUT2D eigenvalue weighted by atomic mass is 32.1. The van der Waals surface area contributed by atoms with Crippen molar-refractivity contribution in [3.63, 3.8) is 0 Å². The summed E-state index contributed by atoms with van der Waals surface area (Å²) >= 11 is 1.46. The van der Waals surface area contributed by atoms with Crippen LogP contribution in [-0.4, -0.2) is 22.5 Å². The van der Waals surface area contributed by atoms with Crippen molar-refractivity contribution in [2.45, 2.75) is 26.7 Å². The molecule has 0 fully saturated rings. The van der Waals surface area contributed by atoms with Crippen LogP contribution in [0.4, 0.5) is 5.69 Å². The topological polar surface area (TPSA) is 60.2 Å². The van der Waals surface area contributed by atoms with Gasteiger partial charge in [-0.05, 0) is 30.5 Å². The SMILES string of the molecule is Cc1csc(C2=C(O)CN(c3ccc(C(C)C)cc3)C2=N)n1. The van der Waals surface area contributed by atoms with E-state index in [2.05, 4.69) is 31.0 Å². The summed E-state index contributed by atoms with van der Waals surface area (Å²) in [6.45, 7) is 6.55. The van der Waals surface area contributed by atoms with Crippen LogP contribution in [0.25, 0.3) is 5.57 Å². The van der Waals surface area contributed by atoms with Gasteiger partial charge in [0.05, 0.1) is 12.1 Å². The van der Waals surface area contributed by atoms with E-state index in [0.717, 1.165) is 11.4 Å². The Hall–Kier alpha value is -2.14. The number of anilines is 1. The number of aliphatic hydroxyl groups is 1. The lowest BCUT2D eigenvalue weighted by Crippen LogP contribution is -2.26. The fraction of sp³-hybridized carbons (Fsp3) is 0.294. The Morgan fingerprint density at radius 1 is 1.27 bits per heavy atom. The van der Waals surface area contributed by atoms with Gasteiger partial charge in [0.1, 0.15) is 16.6 Å². The van der Waals surface area contributed by atoms with Crippen molar-refractivity contribution in [2.75, 3.05) is 11.4 Å². The molecule has 0 bridgehead atoms. The van der Waals surface area contributed by atoms with E-state index < -0.39 is 0 Å². The lowest BCUT2D eigenvalue weighted by atomic mass is 10.0. The number of aliphatic hydroxyl groups excluding tert-OH is 1. The lowest BCUT2D eigenvalue weighted by Gasteiger charge is -2.19. The first kappa shape index (κ1) is 14.8. The Kier molecular flexibility index (Phi) is 3.74. The molecule has 0 radical (unpaired) electrons. The minimum absolute atomic E-state index is 0.215. The van der Waals surface area contributed by atoms with Gasteiger partial charge in [0, 0.05) is 16.8 Å². The molecule has 0 unspecified atom stereocenters. The number of aromatic nitrogens is 1. The fourth-order valence-corrected chi connectivity index (χ4v) is 3.40. The predicted octanol–water partition coefficient (Wildman–Crippen LogP) is 4.34. The Bertz CT molecular complexity index is 744. The molecule has 1 aromatic heterocycles. The summed E-state index contributed by atoms with van der Waals surface area (Å²) in [4.78, 5) is 6.20. The van der Waals surface area contributed by atoms with E-state index in [1.807, 2.05) is 29.3 Å². The molecule has 1 aliphatic rings. The Balaban J connectivity index is 1.88. The first-order valence-corrected chi connectivity index (χ1v) is 8.16. The average Bonchev–Trinajstić information content (AvgIpc) is 3.02. The van der Waals surface area contributed by atoms with Gasteiger partial charge in [-0.3, -0.25) is 5.41 Å². The third-order valence-electron chi connectivity index (χ3n) is 3.81. The van der Waals surface area contributed by atoms with Crippen LogP contribution in [0, 0.1) is 12.3 Å². The maximum atomic E-state index is 10.3. The molecule has 114 valence electrons. The number of amidine groups is 1. The van der Waals surface area contributed by atoms with Gasteiger partial charge in [0.2, 0.25) is 0 Å². The highest BCUT2D eigenvalue weighted by Crippen LogP contribution is 2.32. The van der Waals surface area contributed by atoms with Crippen molar-refractivity contribution < 1.29 is 5.11 Å². The summed E-state index contributed by atoms with van der Waals surface area (Å²) < 4.78 is 0. The Labute approximate surface area is 134 Å². The molecular formula is C17H19N3OS. The van der Waals surface area contributed by atoms with Crippen molar-refractivity contribution in [1.82, 2.24) is 4.98 Å². The molecule has 2 N–H and O–H groups in total. The van der Waals surface area contributed by atoms with Crippen LogP contribution >= 0.6 is 11.3 Å². The zero-order valence-corrected chi connectivity index (χ0v) is 13.7. The minimum atomic E-state index is 0.215. The second-order valence-corrected chi connectivity index (χ2v) is 6.65. The molecule has 0 spiro atoms. The Morgan fingerprint density at radius 3 is 2.50 bits per heavy atom. The molecule has 1 aromatic carbocycles. The predicted molar refractivity (Wildman–Crippen MR) is 92.0 cm³/mol. The van der Waals surface area contributed by atoms with Crippen LogP contribution in [0.3, 0.4) is 0 Å². The second kappa shape index (κ2) is 5.57. The van der Waals surface area contributed by atoms with Gasteiger partial charge in [0.25, 0.3) is 0 Å². The van der Waals surface area contributed by atoms with E-state index in [1.165, 1.54) is 16.9 Å². The number of nitrogens with one attached hydrogen (secondary N) is 1. The molecule has 5 heteroatoms. The van der Waals surface area contributed by atoms with E-state index in [4.69, 9.17) is 5.41 Å². The zero-order valence-electron chi connectivity index (χ0n) is 12.9. The average molecular weight is 313 g/mol. The molecule has 0 saturated carbocycles. The summed E-state index contributed by atoms with van der Waals surface area (Å²) in [6.07, 6.45) is 0. The summed E-state index contributed by atoms with van der Waals surface area (Å²) in [5.41, 5.74) is 3.64. The quantitative estimate of drug-likeness (QED) is 0.886. The molecule has 2 heterocycles. The van der Waals surface area contributed by atoms with E-state index >= 15 is 0 Å². The summed E-state index contributed by atoms with van der Waals surface area (Å²) in [7, 11) is 0. The first-order valence-electron chi connectivity index (χ1n) is 7.28. The monoisotopic (exact) mass is 313 g/mol. The van der Waals surface area contributed by atoms with E-state index in [-0.39, 0.29) is 5.76 Å². The van der Waals surface area contributed by atoms with Gasteiger partial charge in [-0.25, -0.2) is 4.98 Å². The maximum Gasteiger partial charge on any atom is 0.139 e. The third kappa shape index (κ3) is 2.52. The second-order valence-electron chi connectivity index (χ2n) is 5.80. The van der Waals surface area contributed by atoms with Crippen molar-refractivity contribution in [2.24, 2.45) is 0 Å². The van der Waals surface area contributed by atoms with Gasteiger partial charge >= 0.3 is 0 Å². The van der Waals surface area contributed by atoms with Crippen molar-refractivity contribution >= 4 is 28.4 Å². The molecule has 2 aromatic rings. The largest absolute Gasteiger partial charge is 0.510 e. The Morgan fingerprint density at radius 2 is 1.95 bits per heavy atom. The molecule has 4 nitrogen and oxygen atoms in total. The van der Waals surface area contributed by atoms with Crippen LogP contribution in [0.15, 0.2) is 35.4 Å². The van der Waals surface area contributed by atoms with Crippen molar-refractivity contribution in [3.8, 4) is 0 Å². The minimum Gasteiger partial charge on any atom is -0.510 e. The zero-order chi connectivity index (χ0) is 15.9. The maximum absolute atomic E-state index is 10.3. The van der Waals surface area contributed by atoms with Crippen LogP contribution in [0.1, 0.15) is 36.0 Å². The first-order chi connectivity index (χ1) is 10.5. The van der Waals surface area contributed by atoms with E-state index in [1.54, 1.807) is 0 Å². The van der Waals surface area contributed by atoms with Crippen LogP contribution in [0.5, 0.6) is 0 Å². The lowest BCUT2D eigenvalue weighted by molar-refractivity contribution is 0.411. The molecule has 0 aliphatic carbocycles. The standard InChI is InChI=1S/C17H19N3OS/c1-10(2)12-4-6-13(7-5-12)20-8-14(21)15(16(20)18)17-19-11(3)9-22-17/h4-7,9-10,18,21H,8H2,1-3H3. The number of rotatable bonds is 3. The molecule has 3 rings (SSSR count). The molecule has 0 amide bonds. The number of hydrogen-bond acceptors (Lipinski definition) is 4. The number of thiazole rings is 1. The van der Waals surface area contributed by atoms with E-state index in [0.29, 0.717) is 28.9 Å². The van der Waals surface area contributed by atoms with Gasteiger partial charge in [0.15, 0.2) is 0 Å². The van der Waals surface area contributed by atoms with Crippen LogP contribution in [0.2, 0.25) is 0 Å². The number of aryl methyl sites for hydroxylation is 1. The number of benzene rings is 1. The highest BCUT2D eigenvalue weighted by Gasteiger charge is 2.30. The van der Waals surface area contributed by atoms with E-state index in [9.17, 15) is 5.11 Å². The number of nitrogens with zero attached hydrogens (tertiary/aromatic N) is 2. The molecule has 1 aliphatic heterocycles. The normalized spacial score (nSPS) is 15.3. The van der Waals surface area contributed by atoms with Crippen LogP contribution in [-0.2, 0) is 0 Å². The smallest absolute Gasteiger partial charge is 0.139 e. The van der Waals surface area contributed by atoms with Gasteiger partial charge in [-0.15, -0.1) is 11.3 Å². The van der Waals surface area contributed by atoms with Crippen molar-refractivity contribution in [1.29, 1.82) is 5.41 Å². The van der Waals surface area contributed by atoms with Gasteiger partial charge in [-0.1, -0.05) is 26.0 Å². The third-order valence-corrected chi connectivity index (χ3v) is 4.79. The molecule has 0 saturated heterocycles. The van der Waals surface area contributed by atoms with Crippen LogP contribution < -0.4 is 4.90 Å². The number of hydrogen-bond donors (Lipinski definition) is 2. The van der Waals surface area contributed by atoms with Gasteiger partial charge in [-0.2, -0.15) is 0 Å². The summed E-state index contributed by atoms with van der Waals surface area (Å²) in [6, 6.07) is 8.17. The molecular weight excluding hydrogens is 294 g/mol.